The Morgan fingerprint density at radius 2 is 2.00 bits per heavy atom. The molecule has 27 heavy (non-hydrogen) atoms. The number of hydrogen-bond donors (Lipinski definition) is 1. The second-order valence-electron chi connectivity index (χ2n) is 6.81. The van der Waals surface area contributed by atoms with Gasteiger partial charge in [-0.3, -0.25) is 14.7 Å². The Labute approximate surface area is 161 Å². The molecule has 1 aromatic carbocycles. The number of esters is 2. The molecular weight excluding hydrogens is 366 g/mol. The Balaban J connectivity index is 1.43. The Bertz CT molecular complexity index is 799. The molecule has 142 valence electrons. The van der Waals surface area contributed by atoms with E-state index in [4.69, 9.17) is 9.47 Å². The molecule has 1 N–H and O–H groups in total. The van der Waals surface area contributed by atoms with E-state index in [-0.39, 0.29) is 47.5 Å². The summed E-state index contributed by atoms with van der Waals surface area (Å²) in [6.45, 7) is 2.39. The predicted octanol–water partition coefficient (Wildman–Crippen LogP) is 2.45. The third kappa shape index (κ3) is 3.71. The Morgan fingerprint density at radius 3 is 2.70 bits per heavy atom. The SMILES string of the molecule is CCOC(=O)C1C2C1[C@H](C(=O)OCc1ccccc1)C[C@@H]2Sc1ncn[nH]1. The number of aromatic nitrogens is 3. The van der Waals surface area contributed by atoms with Crippen molar-refractivity contribution in [2.45, 2.75) is 30.4 Å². The normalized spacial score (nSPS) is 28.4. The first-order valence-electron chi connectivity index (χ1n) is 9.08. The third-order valence-electron chi connectivity index (χ3n) is 5.25. The topological polar surface area (TPSA) is 94.2 Å². The molecule has 0 radical (unpaired) electrons. The van der Waals surface area contributed by atoms with Gasteiger partial charge in [0.15, 0.2) is 5.16 Å². The molecule has 0 aliphatic heterocycles. The average molecular weight is 387 g/mol. The molecule has 7 nitrogen and oxygen atoms in total. The minimum absolute atomic E-state index is 0.00672. The fraction of sp³-hybridized carbons (Fsp3) is 0.474. The number of ether oxygens (including phenoxy) is 2. The molecule has 0 bridgehead atoms. The molecule has 2 saturated carbocycles. The highest BCUT2D eigenvalue weighted by Gasteiger charge is 2.68. The van der Waals surface area contributed by atoms with E-state index in [9.17, 15) is 9.59 Å². The number of carbonyl (C=O) groups is 2. The maximum absolute atomic E-state index is 12.7. The van der Waals surface area contributed by atoms with Crippen LogP contribution in [0.3, 0.4) is 0 Å². The van der Waals surface area contributed by atoms with Gasteiger partial charge in [-0.15, -0.1) is 0 Å². The molecule has 5 atom stereocenters. The van der Waals surface area contributed by atoms with Gasteiger partial charge in [-0.05, 0) is 30.7 Å². The fourth-order valence-electron chi connectivity index (χ4n) is 4.08. The number of fused-ring (bicyclic) bond motifs is 1. The molecule has 3 unspecified atom stereocenters. The summed E-state index contributed by atoms with van der Waals surface area (Å²) < 4.78 is 10.8. The summed E-state index contributed by atoms with van der Waals surface area (Å²) in [7, 11) is 0. The summed E-state index contributed by atoms with van der Waals surface area (Å²) in [6.07, 6.45) is 2.13. The molecule has 0 spiro atoms. The number of rotatable bonds is 7. The van der Waals surface area contributed by atoms with E-state index in [1.54, 1.807) is 6.92 Å². The van der Waals surface area contributed by atoms with Gasteiger partial charge < -0.3 is 9.47 Å². The monoisotopic (exact) mass is 387 g/mol. The summed E-state index contributed by atoms with van der Waals surface area (Å²) >= 11 is 1.54. The summed E-state index contributed by atoms with van der Waals surface area (Å²) in [6, 6.07) is 9.59. The minimum atomic E-state index is -0.284. The van der Waals surface area contributed by atoms with Crippen molar-refractivity contribution < 1.29 is 19.1 Å². The van der Waals surface area contributed by atoms with Crippen LogP contribution in [-0.4, -0.2) is 39.0 Å². The van der Waals surface area contributed by atoms with E-state index >= 15 is 0 Å². The second kappa shape index (κ2) is 7.72. The number of nitrogens with one attached hydrogen (secondary N) is 1. The number of thioether (sulfide) groups is 1. The lowest BCUT2D eigenvalue weighted by molar-refractivity contribution is -0.151. The van der Waals surface area contributed by atoms with Crippen molar-refractivity contribution in [2.24, 2.45) is 23.7 Å². The zero-order valence-corrected chi connectivity index (χ0v) is 15.7. The second-order valence-corrected chi connectivity index (χ2v) is 8.04. The number of carbonyl (C=O) groups excluding carboxylic acids is 2. The lowest BCUT2D eigenvalue weighted by atomic mass is 10.00. The van der Waals surface area contributed by atoms with Crippen LogP contribution in [0, 0.1) is 23.7 Å². The van der Waals surface area contributed by atoms with E-state index in [0.29, 0.717) is 18.2 Å². The Morgan fingerprint density at radius 1 is 1.19 bits per heavy atom. The molecule has 4 rings (SSSR count). The van der Waals surface area contributed by atoms with Gasteiger partial charge in [-0.2, -0.15) is 5.10 Å². The number of H-pyrrole nitrogens is 1. The maximum Gasteiger partial charge on any atom is 0.309 e. The number of aromatic amines is 1. The first kappa shape index (κ1) is 18.0. The molecule has 0 amide bonds. The van der Waals surface area contributed by atoms with Gasteiger partial charge in [-0.1, -0.05) is 42.1 Å². The Hall–Kier alpha value is -2.35. The summed E-state index contributed by atoms with van der Waals surface area (Å²) in [4.78, 5) is 29.2. The van der Waals surface area contributed by atoms with Gasteiger partial charge >= 0.3 is 11.9 Å². The van der Waals surface area contributed by atoms with E-state index in [2.05, 4.69) is 15.2 Å². The molecule has 2 aromatic rings. The molecule has 2 fully saturated rings. The van der Waals surface area contributed by atoms with Crippen LogP contribution in [0.4, 0.5) is 0 Å². The number of nitrogens with zero attached hydrogens (tertiary/aromatic N) is 2. The fourth-order valence-corrected chi connectivity index (χ4v) is 5.40. The van der Waals surface area contributed by atoms with Crippen molar-refractivity contribution in [1.82, 2.24) is 15.2 Å². The van der Waals surface area contributed by atoms with Crippen LogP contribution in [0.5, 0.6) is 0 Å². The van der Waals surface area contributed by atoms with Crippen LogP contribution in [0.15, 0.2) is 41.8 Å². The van der Waals surface area contributed by atoms with Gasteiger partial charge in [-0.25, -0.2) is 4.98 Å². The van der Waals surface area contributed by atoms with Crippen LogP contribution in [-0.2, 0) is 25.7 Å². The van der Waals surface area contributed by atoms with E-state index in [0.717, 1.165) is 5.56 Å². The zero-order chi connectivity index (χ0) is 18.8. The molecule has 1 aromatic heterocycles. The maximum atomic E-state index is 12.7. The van der Waals surface area contributed by atoms with Crippen LogP contribution in [0.25, 0.3) is 0 Å². The third-order valence-corrected chi connectivity index (χ3v) is 6.48. The average Bonchev–Trinajstić information content (AvgIpc) is 3.00. The standard InChI is InChI=1S/C19H21N3O4S/c1-2-25-18(24)16-14-12(17(23)26-9-11-6-4-3-5-7-11)8-13(15(14)16)27-19-20-10-21-22-19/h3-7,10,12-16H,2,8-9H2,1H3,(H,20,21,22)/t12-,13+,14?,15?,16?/m1/s1. The molecule has 2 aliphatic carbocycles. The van der Waals surface area contributed by atoms with E-state index in [1.165, 1.54) is 18.1 Å². The van der Waals surface area contributed by atoms with Crippen molar-refractivity contribution in [2.75, 3.05) is 6.61 Å². The highest BCUT2D eigenvalue weighted by molar-refractivity contribution is 7.99. The summed E-state index contributed by atoms with van der Waals surface area (Å²) in [5.74, 6) is -0.847. The largest absolute Gasteiger partial charge is 0.466 e. The molecule has 8 heteroatoms. The summed E-state index contributed by atoms with van der Waals surface area (Å²) in [5, 5.41) is 7.51. The van der Waals surface area contributed by atoms with Gasteiger partial charge in [0.25, 0.3) is 0 Å². The lowest BCUT2D eigenvalue weighted by Gasteiger charge is -2.17. The zero-order valence-electron chi connectivity index (χ0n) is 14.9. The smallest absolute Gasteiger partial charge is 0.309 e. The first-order valence-corrected chi connectivity index (χ1v) is 9.96. The lowest BCUT2D eigenvalue weighted by Crippen LogP contribution is -2.24. The van der Waals surface area contributed by atoms with Crippen molar-refractivity contribution >= 4 is 23.7 Å². The molecule has 2 aliphatic rings. The predicted molar refractivity (Wildman–Crippen MR) is 97.5 cm³/mol. The van der Waals surface area contributed by atoms with Gasteiger partial charge in [0.2, 0.25) is 0 Å². The van der Waals surface area contributed by atoms with Crippen molar-refractivity contribution in [3.8, 4) is 0 Å². The van der Waals surface area contributed by atoms with Gasteiger partial charge in [0.05, 0.1) is 18.4 Å². The minimum Gasteiger partial charge on any atom is -0.466 e. The number of hydrogen-bond acceptors (Lipinski definition) is 7. The van der Waals surface area contributed by atoms with Crippen LogP contribution < -0.4 is 0 Å². The highest BCUT2D eigenvalue weighted by Crippen LogP contribution is 2.64. The van der Waals surface area contributed by atoms with Crippen LogP contribution in [0.2, 0.25) is 0 Å². The number of benzene rings is 1. The van der Waals surface area contributed by atoms with Crippen molar-refractivity contribution in [1.29, 1.82) is 0 Å². The van der Waals surface area contributed by atoms with Crippen molar-refractivity contribution in [3.05, 3.63) is 42.2 Å². The molecular formula is C19H21N3O4S. The van der Waals surface area contributed by atoms with Crippen molar-refractivity contribution in [3.63, 3.8) is 0 Å². The molecule has 0 saturated heterocycles. The van der Waals surface area contributed by atoms with Gasteiger partial charge in [0, 0.05) is 5.25 Å². The highest BCUT2D eigenvalue weighted by atomic mass is 32.2. The first-order chi connectivity index (χ1) is 13.2. The molecule has 1 heterocycles. The quantitative estimate of drug-likeness (QED) is 0.729. The van der Waals surface area contributed by atoms with E-state index in [1.807, 2.05) is 30.3 Å². The van der Waals surface area contributed by atoms with Gasteiger partial charge in [0.1, 0.15) is 12.9 Å². The van der Waals surface area contributed by atoms with Crippen LogP contribution in [0.1, 0.15) is 18.9 Å². The van der Waals surface area contributed by atoms with Crippen LogP contribution >= 0.6 is 11.8 Å². The Kier molecular flexibility index (Phi) is 5.15. The van der Waals surface area contributed by atoms with E-state index < -0.39 is 0 Å². The summed E-state index contributed by atoms with van der Waals surface area (Å²) in [5.41, 5.74) is 0.950.